The van der Waals surface area contributed by atoms with E-state index in [4.69, 9.17) is 5.11 Å². The monoisotopic (exact) mass is 273 g/mol. The lowest BCUT2D eigenvalue weighted by Crippen LogP contribution is -2.01. The number of nitrogens with zero attached hydrogens (tertiary/aromatic N) is 1. The standard InChI is InChI=1S/C15H15NO2S/c1-10-4-3-5-12(8-10)9-19-14-7-6-13(15(17)18)11(2)16-14/h3-8H,9H2,1-2H3,(H,17,18). The maximum absolute atomic E-state index is 10.9. The van der Waals surface area contributed by atoms with Gasteiger partial charge in [-0.15, -0.1) is 11.8 Å². The second-order valence-corrected chi connectivity index (χ2v) is 5.36. The highest BCUT2D eigenvalue weighted by Gasteiger charge is 2.08. The van der Waals surface area contributed by atoms with Gasteiger partial charge in [0.25, 0.3) is 0 Å². The summed E-state index contributed by atoms with van der Waals surface area (Å²) in [4.78, 5) is 15.2. The number of carbonyl (C=O) groups is 1. The maximum atomic E-state index is 10.9. The Morgan fingerprint density at radius 3 is 2.68 bits per heavy atom. The van der Waals surface area contributed by atoms with Crippen molar-refractivity contribution < 1.29 is 9.90 Å². The number of hydrogen-bond acceptors (Lipinski definition) is 3. The second kappa shape index (κ2) is 5.89. The third kappa shape index (κ3) is 3.58. The molecule has 4 heteroatoms. The van der Waals surface area contributed by atoms with Crippen molar-refractivity contribution in [2.24, 2.45) is 0 Å². The molecule has 0 aliphatic carbocycles. The van der Waals surface area contributed by atoms with Gasteiger partial charge in [0, 0.05) is 5.75 Å². The average Bonchev–Trinajstić information content (AvgIpc) is 2.36. The van der Waals surface area contributed by atoms with Gasteiger partial charge in [-0.3, -0.25) is 0 Å². The highest BCUT2D eigenvalue weighted by atomic mass is 32.2. The number of hydrogen-bond donors (Lipinski definition) is 1. The first kappa shape index (κ1) is 13.6. The van der Waals surface area contributed by atoms with Crippen molar-refractivity contribution in [3.05, 3.63) is 58.8 Å². The van der Waals surface area contributed by atoms with E-state index < -0.39 is 5.97 Å². The summed E-state index contributed by atoms with van der Waals surface area (Å²) < 4.78 is 0. The summed E-state index contributed by atoms with van der Waals surface area (Å²) in [6.07, 6.45) is 0. The summed E-state index contributed by atoms with van der Waals surface area (Å²) in [5, 5.41) is 9.80. The minimum atomic E-state index is -0.930. The Kier molecular flexibility index (Phi) is 4.22. The van der Waals surface area contributed by atoms with Crippen LogP contribution in [0, 0.1) is 13.8 Å². The Balaban J connectivity index is 2.08. The van der Waals surface area contributed by atoms with Crippen LogP contribution in [0.1, 0.15) is 27.2 Å². The van der Waals surface area contributed by atoms with Gasteiger partial charge in [-0.1, -0.05) is 29.8 Å². The molecule has 0 saturated heterocycles. The van der Waals surface area contributed by atoms with Crippen molar-refractivity contribution in [3.8, 4) is 0 Å². The van der Waals surface area contributed by atoms with E-state index in [1.54, 1.807) is 30.8 Å². The first-order valence-corrected chi connectivity index (χ1v) is 6.94. The van der Waals surface area contributed by atoms with Crippen LogP contribution < -0.4 is 0 Å². The second-order valence-electron chi connectivity index (χ2n) is 4.37. The normalized spacial score (nSPS) is 10.4. The fraction of sp³-hybridized carbons (Fsp3) is 0.200. The highest BCUT2D eigenvalue weighted by molar-refractivity contribution is 7.98. The maximum Gasteiger partial charge on any atom is 0.337 e. The minimum absolute atomic E-state index is 0.264. The number of pyridine rings is 1. The molecule has 0 atom stereocenters. The number of carboxylic acids is 1. The van der Waals surface area contributed by atoms with Crippen LogP contribution in [0.25, 0.3) is 0 Å². The van der Waals surface area contributed by atoms with Crippen LogP contribution in [0.4, 0.5) is 0 Å². The van der Waals surface area contributed by atoms with Gasteiger partial charge in [-0.05, 0) is 31.5 Å². The molecule has 1 N–H and O–H groups in total. The summed E-state index contributed by atoms with van der Waals surface area (Å²) in [5.74, 6) is -0.0965. The van der Waals surface area contributed by atoms with Crippen molar-refractivity contribution in [1.29, 1.82) is 0 Å². The largest absolute Gasteiger partial charge is 0.478 e. The Bertz CT molecular complexity index is 611. The molecule has 2 aromatic rings. The molecule has 0 unspecified atom stereocenters. The van der Waals surface area contributed by atoms with Crippen LogP contribution in [0.2, 0.25) is 0 Å². The molecule has 0 amide bonds. The molecular formula is C15H15NO2S. The number of benzene rings is 1. The summed E-state index contributed by atoms with van der Waals surface area (Å²) in [6, 6.07) is 11.7. The van der Waals surface area contributed by atoms with Gasteiger partial charge in [-0.25, -0.2) is 9.78 Å². The molecule has 0 aliphatic rings. The number of carboxylic acid groups (broad SMARTS) is 1. The van der Waals surface area contributed by atoms with Gasteiger partial charge < -0.3 is 5.11 Å². The number of aromatic carboxylic acids is 1. The molecule has 0 saturated carbocycles. The summed E-state index contributed by atoms with van der Waals surface area (Å²) in [7, 11) is 0. The lowest BCUT2D eigenvalue weighted by atomic mass is 10.2. The Morgan fingerprint density at radius 1 is 1.26 bits per heavy atom. The molecule has 2 rings (SSSR count). The van der Waals surface area contributed by atoms with Gasteiger partial charge in [0.1, 0.15) is 0 Å². The number of rotatable bonds is 4. The zero-order valence-electron chi connectivity index (χ0n) is 10.9. The Hall–Kier alpha value is -1.81. The third-order valence-corrected chi connectivity index (χ3v) is 3.76. The molecule has 0 fully saturated rings. The van der Waals surface area contributed by atoms with Gasteiger partial charge in [0.2, 0.25) is 0 Å². The van der Waals surface area contributed by atoms with Crippen LogP contribution >= 0.6 is 11.8 Å². The molecule has 0 spiro atoms. The lowest BCUT2D eigenvalue weighted by molar-refractivity contribution is 0.0695. The molecule has 0 bridgehead atoms. The Morgan fingerprint density at radius 2 is 2.05 bits per heavy atom. The van der Waals surface area contributed by atoms with E-state index in [9.17, 15) is 4.79 Å². The van der Waals surface area contributed by atoms with Crippen LogP contribution in [0.3, 0.4) is 0 Å². The van der Waals surface area contributed by atoms with E-state index in [2.05, 4.69) is 30.1 Å². The van der Waals surface area contributed by atoms with E-state index >= 15 is 0 Å². The van der Waals surface area contributed by atoms with Crippen molar-refractivity contribution in [2.45, 2.75) is 24.6 Å². The SMILES string of the molecule is Cc1cccc(CSc2ccc(C(=O)O)c(C)n2)c1. The number of thioether (sulfide) groups is 1. The van der Waals surface area contributed by atoms with Crippen LogP contribution in [-0.4, -0.2) is 16.1 Å². The number of aromatic nitrogens is 1. The topological polar surface area (TPSA) is 50.2 Å². The van der Waals surface area contributed by atoms with E-state index in [-0.39, 0.29) is 5.56 Å². The Labute approximate surface area is 116 Å². The molecule has 1 aromatic carbocycles. The van der Waals surface area contributed by atoms with Gasteiger partial charge in [0.15, 0.2) is 0 Å². The van der Waals surface area contributed by atoms with Crippen LogP contribution in [0.5, 0.6) is 0 Å². The summed E-state index contributed by atoms with van der Waals surface area (Å²) in [5.41, 5.74) is 3.30. The van der Waals surface area contributed by atoms with Gasteiger partial charge in [0.05, 0.1) is 16.3 Å². The predicted molar refractivity (Wildman–Crippen MR) is 76.7 cm³/mol. The molecule has 19 heavy (non-hydrogen) atoms. The fourth-order valence-corrected chi connectivity index (χ4v) is 2.66. The molecule has 0 aliphatic heterocycles. The first-order chi connectivity index (χ1) is 9.06. The smallest absolute Gasteiger partial charge is 0.337 e. The lowest BCUT2D eigenvalue weighted by Gasteiger charge is -2.05. The molecular weight excluding hydrogens is 258 g/mol. The predicted octanol–water partition coefficient (Wildman–Crippen LogP) is 3.69. The summed E-state index contributed by atoms with van der Waals surface area (Å²) in [6.45, 7) is 3.79. The van der Waals surface area contributed by atoms with Crippen molar-refractivity contribution in [1.82, 2.24) is 4.98 Å². The van der Waals surface area contributed by atoms with Crippen molar-refractivity contribution in [2.75, 3.05) is 0 Å². The molecule has 1 heterocycles. The van der Waals surface area contributed by atoms with Gasteiger partial charge in [-0.2, -0.15) is 0 Å². The fourth-order valence-electron chi connectivity index (χ4n) is 1.80. The molecule has 98 valence electrons. The van der Waals surface area contributed by atoms with E-state index in [1.807, 2.05) is 6.07 Å². The first-order valence-electron chi connectivity index (χ1n) is 5.95. The molecule has 0 radical (unpaired) electrons. The van der Waals surface area contributed by atoms with Crippen molar-refractivity contribution in [3.63, 3.8) is 0 Å². The minimum Gasteiger partial charge on any atom is -0.478 e. The van der Waals surface area contributed by atoms with E-state index in [1.165, 1.54) is 11.1 Å². The quantitative estimate of drug-likeness (QED) is 0.863. The number of aryl methyl sites for hydroxylation is 2. The van der Waals surface area contributed by atoms with Crippen LogP contribution in [0.15, 0.2) is 41.4 Å². The third-order valence-electron chi connectivity index (χ3n) is 2.76. The van der Waals surface area contributed by atoms with E-state index in [0.29, 0.717) is 5.69 Å². The zero-order chi connectivity index (χ0) is 13.8. The highest BCUT2D eigenvalue weighted by Crippen LogP contribution is 2.22. The average molecular weight is 273 g/mol. The van der Waals surface area contributed by atoms with Crippen molar-refractivity contribution >= 4 is 17.7 Å². The molecule has 1 aromatic heterocycles. The van der Waals surface area contributed by atoms with E-state index in [0.717, 1.165) is 10.8 Å². The summed E-state index contributed by atoms with van der Waals surface area (Å²) >= 11 is 1.61. The molecule has 3 nitrogen and oxygen atoms in total. The zero-order valence-corrected chi connectivity index (χ0v) is 11.7. The van der Waals surface area contributed by atoms with Crippen LogP contribution in [-0.2, 0) is 5.75 Å². The van der Waals surface area contributed by atoms with Gasteiger partial charge >= 0.3 is 5.97 Å².